The lowest BCUT2D eigenvalue weighted by molar-refractivity contribution is -0.127. The number of hydrogen-bond acceptors (Lipinski definition) is 2. The summed E-state index contributed by atoms with van der Waals surface area (Å²) in [6, 6.07) is 4.05. The van der Waals surface area contributed by atoms with Gasteiger partial charge < -0.3 is 4.74 Å². The van der Waals surface area contributed by atoms with Crippen LogP contribution in [0.5, 0.6) is 5.75 Å². The number of carbonyl (C=O) groups is 1. The molecule has 1 saturated carbocycles. The number of benzene rings is 1. The van der Waals surface area contributed by atoms with Crippen molar-refractivity contribution in [2.75, 3.05) is 6.61 Å². The number of ketones is 1. The molecule has 0 N–H and O–H groups in total. The van der Waals surface area contributed by atoms with E-state index in [9.17, 15) is 4.79 Å². The molecule has 2 nitrogen and oxygen atoms in total. The monoisotopic (exact) mass is 282 g/mol. The Hall–Kier alpha value is -0.830. The molecule has 1 aliphatic rings. The zero-order valence-corrected chi connectivity index (χ0v) is 11.1. The average Bonchev–Trinajstić information content (AvgIpc) is 2.19. The van der Waals surface area contributed by atoms with Gasteiger partial charge in [-0.15, -0.1) is 0 Å². The Morgan fingerprint density at radius 1 is 1.31 bits per heavy atom. The lowest BCUT2D eigenvalue weighted by Gasteiger charge is -2.24. The highest BCUT2D eigenvalue weighted by Crippen LogP contribution is 2.28. The average molecular weight is 283 g/mol. The third kappa shape index (κ3) is 2.46. The van der Waals surface area contributed by atoms with Crippen LogP contribution in [0, 0.1) is 19.8 Å². The summed E-state index contributed by atoms with van der Waals surface area (Å²) >= 11 is 3.53. The van der Waals surface area contributed by atoms with Crippen molar-refractivity contribution in [2.45, 2.75) is 26.7 Å². The first-order valence-electron chi connectivity index (χ1n) is 5.47. The normalized spacial score (nSPS) is 16.1. The number of aryl methyl sites for hydroxylation is 2. The van der Waals surface area contributed by atoms with Crippen molar-refractivity contribution in [3.63, 3.8) is 0 Å². The van der Waals surface area contributed by atoms with Crippen LogP contribution in [-0.2, 0) is 4.79 Å². The molecule has 0 radical (unpaired) electrons. The minimum absolute atomic E-state index is 0.358. The maximum atomic E-state index is 10.8. The van der Waals surface area contributed by atoms with Crippen molar-refractivity contribution < 1.29 is 9.53 Å². The van der Waals surface area contributed by atoms with Gasteiger partial charge in [0, 0.05) is 23.2 Å². The Morgan fingerprint density at radius 2 is 1.88 bits per heavy atom. The van der Waals surface area contributed by atoms with E-state index in [0.717, 1.165) is 10.2 Å². The molecule has 1 fully saturated rings. The van der Waals surface area contributed by atoms with Crippen molar-refractivity contribution in [1.82, 2.24) is 0 Å². The Balaban J connectivity index is 1.97. The summed E-state index contributed by atoms with van der Waals surface area (Å²) in [5.41, 5.74) is 2.36. The van der Waals surface area contributed by atoms with Crippen molar-refractivity contribution in [3.05, 3.63) is 27.7 Å². The van der Waals surface area contributed by atoms with E-state index in [4.69, 9.17) is 4.74 Å². The number of rotatable bonds is 3. The van der Waals surface area contributed by atoms with Crippen LogP contribution < -0.4 is 4.74 Å². The van der Waals surface area contributed by atoms with E-state index in [1.807, 2.05) is 12.1 Å². The van der Waals surface area contributed by atoms with Crippen molar-refractivity contribution >= 4 is 21.7 Å². The maximum absolute atomic E-state index is 10.8. The highest BCUT2D eigenvalue weighted by atomic mass is 79.9. The van der Waals surface area contributed by atoms with Gasteiger partial charge in [0.1, 0.15) is 11.5 Å². The summed E-state index contributed by atoms with van der Waals surface area (Å²) in [6.45, 7) is 4.76. The van der Waals surface area contributed by atoms with Crippen LogP contribution in [0.4, 0.5) is 0 Å². The molecule has 0 atom stereocenters. The quantitative estimate of drug-likeness (QED) is 0.849. The first-order chi connectivity index (χ1) is 7.56. The molecule has 16 heavy (non-hydrogen) atoms. The fourth-order valence-electron chi connectivity index (χ4n) is 1.91. The molecule has 0 aliphatic heterocycles. The highest BCUT2D eigenvalue weighted by molar-refractivity contribution is 9.10. The molecular weight excluding hydrogens is 268 g/mol. The van der Waals surface area contributed by atoms with Gasteiger partial charge in [0.15, 0.2) is 0 Å². The van der Waals surface area contributed by atoms with E-state index in [1.54, 1.807) is 0 Å². The summed E-state index contributed by atoms with van der Waals surface area (Å²) in [5.74, 6) is 1.69. The van der Waals surface area contributed by atoms with Crippen LogP contribution in [0.15, 0.2) is 16.6 Å². The zero-order valence-electron chi connectivity index (χ0n) is 9.55. The molecule has 0 amide bonds. The van der Waals surface area contributed by atoms with E-state index < -0.39 is 0 Å². The van der Waals surface area contributed by atoms with Gasteiger partial charge in [0.2, 0.25) is 0 Å². The lowest BCUT2D eigenvalue weighted by atomic mass is 9.85. The van der Waals surface area contributed by atoms with Gasteiger partial charge in [0.05, 0.1) is 6.61 Å². The van der Waals surface area contributed by atoms with Gasteiger partial charge in [-0.3, -0.25) is 4.79 Å². The Labute approximate surface area is 104 Å². The topological polar surface area (TPSA) is 26.3 Å². The van der Waals surface area contributed by atoms with Gasteiger partial charge in [-0.25, -0.2) is 0 Å². The molecule has 86 valence electrons. The minimum Gasteiger partial charge on any atom is -0.493 e. The molecule has 0 saturated heterocycles. The number of hydrogen-bond donors (Lipinski definition) is 0. The third-order valence-corrected chi connectivity index (χ3v) is 4.18. The van der Waals surface area contributed by atoms with Crippen molar-refractivity contribution in [2.24, 2.45) is 5.92 Å². The van der Waals surface area contributed by atoms with E-state index in [2.05, 4.69) is 29.8 Å². The number of carbonyl (C=O) groups excluding carboxylic acids is 1. The molecule has 0 unspecified atom stereocenters. The molecule has 1 aliphatic carbocycles. The fourth-order valence-corrected chi connectivity index (χ4v) is 2.13. The summed E-state index contributed by atoms with van der Waals surface area (Å²) in [4.78, 5) is 10.8. The first-order valence-corrected chi connectivity index (χ1v) is 6.27. The van der Waals surface area contributed by atoms with Crippen LogP contribution in [0.2, 0.25) is 0 Å². The van der Waals surface area contributed by atoms with E-state index in [1.165, 1.54) is 11.1 Å². The second-order valence-electron chi connectivity index (χ2n) is 4.50. The number of halogens is 1. The lowest BCUT2D eigenvalue weighted by Crippen LogP contribution is -2.28. The summed E-state index contributed by atoms with van der Waals surface area (Å²) < 4.78 is 6.84. The van der Waals surface area contributed by atoms with Crippen LogP contribution in [0.25, 0.3) is 0 Å². The standard InChI is InChI=1S/C13H15BrO2/c1-8-3-12(4-9(2)13(8)14)16-7-10-5-11(15)6-10/h3-4,10H,5-7H2,1-2H3. The van der Waals surface area contributed by atoms with Gasteiger partial charge in [0.25, 0.3) is 0 Å². The zero-order chi connectivity index (χ0) is 11.7. The molecule has 1 aromatic rings. The SMILES string of the molecule is Cc1cc(OCC2CC(=O)C2)cc(C)c1Br. The molecule has 0 aromatic heterocycles. The Bertz CT molecular complexity index is 395. The van der Waals surface area contributed by atoms with Gasteiger partial charge in [-0.05, 0) is 37.1 Å². The van der Waals surface area contributed by atoms with Crippen LogP contribution >= 0.6 is 15.9 Å². The summed E-state index contributed by atoms with van der Waals surface area (Å²) in [5, 5.41) is 0. The molecule has 3 heteroatoms. The predicted octanol–water partition coefficient (Wildman–Crippen LogP) is 3.42. The smallest absolute Gasteiger partial charge is 0.133 e. The molecule has 1 aromatic carbocycles. The van der Waals surface area contributed by atoms with E-state index >= 15 is 0 Å². The molecule has 0 heterocycles. The van der Waals surface area contributed by atoms with Crippen LogP contribution in [0.3, 0.4) is 0 Å². The molecule has 2 rings (SSSR count). The minimum atomic E-state index is 0.358. The first kappa shape index (κ1) is 11.6. The third-order valence-electron chi connectivity index (χ3n) is 2.93. The van der Waals surface area contributed by atoms with Crippen LogP contribution in [-0.4, -0.2) is 12.4 Å². The Kier molecular flexibility index (Phi) is 3.33. The largest absolute Gasteiger partial charge is 0.493 e. The van der Waals surface area contributed by atoms with Crippen molar-refractivity contribution in [1.29, 1.82) is 0 Å². The highest BCUT2D eigenvalue weighted by Gasteiger charge is 2.26. The Morgan fingerprint density at radius 3 is 2.38 bits per heavy atom. The second-order valence-corrected chi connectivity index (χ2v) is 5.29. The number of ether oxygens (including phenoxy) is 1. The molecular formula is C13H15BrO2. The number of Topliss-reactive ketones (excluding diaryl/α,β-unsaturated/α-hetero) is 1. The van der Waals surface area contributed by atoms with E-state index in [0.29, 0.717) is 31.1 Å². The van der Waals surface area contributed by atoms with Gasteiger partial charge >= 0.3 is 0 Å². The second kappa shape index (κ2) is 4.58. The van der Waals surface area contributed by atoms with Crippen LogP contribution in [0.1, 0.15) is 24.0 Å². The van der Waals surface area contributed by atoms with Gasteiger partial charge in [-0.1, -0.05) is 15.9 Å². The maximum Gasteiger partial charge on any atom is 0.133 e. The summed E-state index contributed by atoms with van der Waals surface area (Å²) in [6.07, 6.45) is 1.38. The predicted molar refractivity (Wildman–Crippen MR) is 66.8 cm³/mol. The molecule has 0 spiro atoms. The van der Waals surface area contributed by atoms with E-state index in [-0.39, 0.29) is 0 Å². The van der Waals surface area contributed by atoms with Crippen molar-refractivity contribution in [3.8, 4) is 5.75 Å². The molecule has 0 bridgehead atoms. The fraction of sp³-hybridized carbons (Fsp3) is 0.462. The van der Waals surface area contributed by atoms with Gasteiger partial charge in [-0.2, -0.15) is 0 Å². The summed E-state index contributed by atoms with van der Waals surface area (Å²) in [7, 11) is 0.